The zero-order valence-corrected chi connectivity index (χ0v) is 19.0. The number of hydrogen-bond acceptors (Lipinski definition) is 7. The van der Waals surface area contributed by atoms with Crippen LogP contribution in [0.4, 0.5) is 5.69 Å². The molecule has 3 aromatic heterocycles. The van der Waals surface area contributed by atoms with E-state index < -0.39 is 5.54 Å². The molecule has 0 aliphatic heterocycles. The highest BCUT2D eigenvalue weighted by Crippen LogP contribution is 2.30. The molecule has 1 amide bonds. The van der Waals surface area contributed by atoms with Crippen molar-refractivity contribution in [3.8, 4) is 22.8 Å². The number of amides is 1. The maximum absolute atomic E-state index is 12.3. The molecule has 3 heterocycles. The van der Waals surface area contributed by atoms with Crippen molar-refractivity contribution < 1.29 is 19.1 Å². The molecule has 0 fully saturated rings. The molecule has 10 heteroatoms. The van der Waals surface area contributed by atoms with Crippen LogP contribution in [0, 0.1) is 0 Å². The summed E-state index contributed by atoms with van der Waals surface area (Å²) in [4.78, 5) is 36.0. The first-order chi connectivity index (χ1) is 16.3. The number of rotatable bonds is 8. The van der Waals surface area contributed by atoms with Crippen LogP contribution < -0.4 is 10.1 Å². The topological polar surface area (TPSA) is 124 Å². The Balaban J connectivity index is 1.61. The van der Waals surface area contributed by atoms with Crippen LogP contribution in [0.3, 0.4) is 0 Å². The Labute approximate surface area is 195 Å². The van der Waals surface area contributed by atoms with Crippen molar-refractivity contribution >= 4 is 28.7 Å². The Bertz CT molecular complexity index is 1370. The van der Waals surface area contributed by atoms with Crippen LogP contribution >= 0.6 is 0 Å². The minimum atomic E-state index is -0.966. The zero-order chi connectivity index (χ0) is 24.3. The molecule has 4 aromatic rings. The van der Waals surface area contributed by atoms with Crippen molar-refractivity contribution in [3.63, 3.8) is 0 Å². The predicted molar refractivity (Wildman–Crippen MR) is 126 cm³/mol. The fraction of sp³-hybridized carbons (Fsp3) is 0.208. The third kappa shape index (κ3) is 4.51. The second-order valence-electron chi connectivity index (χ2n) is 7.88. The van der Waals surface area contributed by atoms with Gasteiger partial charge in [-0.15, -0.1) is 0 Å². The third-order valence-electron chi connectivity index (χ3n) is 5.11. The molecule has 174 valence electrons. The van der Waals surface area contributed by atoms with E-state index in [0.717, 1.165) is 11.1 Å². The van der Waals surface area contributed by atoms with Gasteiger partial charge in [-0.3, -0.25) is 9.48 Å². The zero-order valence-electron chi connectivity index (χ0n) is 19.0. The van der Waals surface area contributed by atoms with Gasteiger partial charge in [-0.2, -0.15) is 5.10 Å². The number of carbonyl (C=O) groups is 2. The number of aromatic nitrogens is 5. The summed E-state index contributed by atoms with van der Waals surface area (Å²) in [6.07, 6.45) is 7.89. The number of H-pyrrole nitrogens is 1. The predicted octanol–water partition coefficient (Wildman–Crippen LogP) is 4.04. The van der Waals surface area contributed by atoms with Gasteiger partial charge in [0.25, 0.3) is 0 Å². The molecule has 34 heavy (non-hydrogen) atoms. The molecular weight excluding hydrogens is 436 g/mol. The Kier molecular flexibility index (Phi) is 6.13. The normalized spacial score (nSPS) is 11.3. The second-order valence-corrected chi connectivity index (χ2v) is 7.88. The van der Waals surface area contributed by atoms with Gasteiger partial charge in [-0.25, -0.2) is 14.8 Å². The first-order valence-corrected chi connectivity index (χ1v) is 10.6. The van der Waals surface area contributed by atoms with E-state index in [-0.39, 0.29) is 17.8 Å². The summed E-state index contributed by atoms with van der Waals surface area (Å²) in [5.41, 5.74) is 2.27. The molecular formula is C24H24N6O4. The van der Waals surface area contributed by atoms with Crippen LogP contribution in [-0.4, -0.2) is 43.2 Å². The fourth-order valence-electron chi connectivity index (χ4n) is 3.26. The summed E-state index contributed by atoms with van der Waals surface area (Å²) < 4.78 is 12.6. The lowest BCUT2D eigenvalue weighted by Gasteiger charge is -2.22. The van der Waals surface area contributed by atoms with E-state index in [0.29, 0.717) is 29.2 Å². The van der Waals surface area contributed by atoms with E-state index in [1.807, 2.05) is 0 Å². The number of aromatic amines is 1. The lowest BCUT2D eigenvalue weighted by atomic mass is 10.1. The molecule has 0 bridgehead atoms. The number of benzene rings is 1. The molecule has 10 nitrogen and oxygen atoms in total. The van der Waals surface area contributed by atoms with Crippen LogP contribution in [0.25, 0.3) is 22.3 Å². The summed E-state index contributed by atoms with van der Waals surface area (Å²) in [7, 11) is 0. The molecule has 4 rings (SSSR count). The van der Waals surface area contributed by atoms with E-state index in [9.17, 15) is 9.59 Å². The van der Waals surface area contributed by atoms with Crippen LogP contribution in [-0.2, 0) is 19.9 Å². The van der Waals surface area contributed by atoms with Gasteiger partial charge in [0, 0.05) is 35.3 Å². The van der Waals surface area contributed by atoms with E-state index >= 15 is 0 Å². The Hall–Kier alpha value is -4.47. The quantitative estimate of drug-likeness (QED) is 0.300. The van der Waals surface area contributed by atoms with Gasteiger partial charge < -0.3 is 19.8 Å². The Morgan fingerprint density at radius 1 is 1.29 bits per heavy atom. The van der Waals surface area contributed by atoms with E-state index in [4.69, 9.17) is 9.47 Å². The van der Waals surface area contributed by atoms with E-state index in [2.05, 4.69) is 31.9 Å². The molecule has 0 aliphatic rings. The largest absolute Gasteiger partial charge is 0.464 e. The smallest absolute Gasteiger partial charge is 0.333 e. The fourth-order valence-corrected chi connectivity index (χ4v) is 3.26. The number of ether oxygens (including phenoxy) is 2. The highest BCUT2D eigenvalue weighted by atomic mass is 16.5. The van der Waals surface area contributed by atoms with Gasteiger partial charge >= 0.3 is 5.97 Å². The molecule has 0 saturated heterocycles. The van der Waals surface area contributed by atoms with Gasteiger partial charge in [-0.05, 0) is 39.0 Å². The van der Waals surface area contributed by atoms with Crippen molar-refractivity contribution in [1.82, 2.24) is 24.7 Å². The molecule has 0 atom stereocenters. The number of fused-ring (bicyclic) bond motifs is 1. The maximum Gasteiger partial charge on any atom is 0.333 e. The number of anilines is 1. The molecule has 2 N–H and O–H groups in total. The van der Waals surface area contributed by atoms with Gasteiger partial charge in [-0.1, -0.05) is 12.6 Å². The SMILES string of the molecule is C=CC(=O)Nc1cccc(Oc2cnc3[nH]cc(-c4cnn(C(C)(C)C(=O)OCC)c4)c3n2)c1. The van der Waals surface area contributed by atoms with Crippen LogP contribution in [0.5, 0.6) is 11.6 Å². The van der Waals surface area contributed by atoms with Gasteiger partial charge in [0.15, 0.2) is 11.2 Å². The van der Waals surface area contributed by atoms with Crippen LogP contribution in [0.2, 0.25) is 0 Å². The monoisotopic (exact) mass is 460 g/mol. The second kappa shape index (κ2) is 9.18. The summed E-state index contributed by atoms with van der Waals surface area (Å²) >= 11 is 0. The lowest BCUT2D eigenvalue weighted by Crippen LogP contribution is -2.37. The molecule has 0 saturated carbocycles. The number of nitrogens with one attached hydrogen (secondary N) is 2. The first kappa shape index (κ1) is 22.7. The summed E-state index contributed by atoms with van der Waals surface area (Å²) in [6, 6.07) is 6.91. The van der Waals surface area contributed by atoms with Crippen molar-refractivity contribution in [3.05, 3.63) is 61.7 Å². The molecule has 0 aliphatic carbocycles. The first-order valence-electron chi connectivity index (χ1n) is 10.6. The summed E-state index contributed by atoms with van der Waals surface area (Å²) in [6.45, 7) is 8.99. The van der Waals surface area contributed by atoms with Crippen molar-refractivity contribution in [2.24, 2.45) is 0 Å². The van der Waals surface area contributed by atoms with Crippen LogP contribution in [0.15, 0.2) is 61.7 Å². The van der Waals surface area contributed by atoms with Gasteiger partial charge in [0.1, 0.15) is 11.3 Å². The maximum atomic E-state index is 12.3. The van der Waals surface area contributed by atoms with E-state index in [1.165, 1.54) is 12.3 Å². The average molecular weight is 460 g/mol. The third-order valence-corrected chi connectivity index (χ3v) is 5.11. The molecule has 1 aromatic carbocycles. The summed E-state index contributed by atoms with van der Waals surface area (Å²) in [5, 5.41) is 7.05. The Morgan fingerprint density at radius 3 is 2.88 bits per heavy atom. The molecule has 0 spiro atoms. The minimum absolute atomic E-state index is 0.278. The van der Waals surface area contributed by atoms with Gasteiger partial charge in [0.2, 0.25) is 11.8 Å². The lowest BCUT2D eigenvalue weighted by molar-refractivity contribution is -0.152. The number of esters is 1. The number of carbonyl (C=O) groups excluding carboxylic acids is 2. The highest BCUT2D eigenvalue weighted by molar-refractivity contribution is 5.99. The van der Waals surface area contributed by atoms with Gasteiger partial charge in [0.05, 0.1) is 19.0 Å². The minimum Gasteiger partial charge on any atom is -0.464 e. The standard InChI is InChI=1S/C24H24N6O4/c1-5-19(31)28-16-8-7-9-17(10-16)34-20-13-26-22-21(29-20)18(12-25-22)15-11-27-30(14-15)24(3,4)23(32)33-6-2/h5,7-14H,1,6H2,2-4H3,(H,25,26)(H,28,31). The van der Waals surface area contributed by atoms with Crippen molar-refractivity contribution in [2.75, 3.05) is 11.9 Å². The average Bonchev–Trinajstić information content (AvgIpc) is 3.46. The molecule has 0 radical (unpaired) electrons. The van der Waals surface area contributed by atoms with Crippen molar-refractivity contribution in [1.29, 1.82) is 0 Å². The number of nitrogens with zero attached hydrogens (tertiary/aromatic N) is 4. The van der Waals surface area contributed by atoms with Crippen molar-refractivity contribution in [2.45, 2.75) is 26.3 Å². The Morgan fingerprint density at radius 2 is 2.12 bits per heavy atom. The van der Waals surface area contributed by atoms with Crippen LogP contribution in [0.1, 0.15) is 20.8 Å². The molecule has 0 unspecified atom stereocenters. The highest BCUT2D eigenvalue weighted by Gasteiger charge is 2.32. The summed E-state index contributed by atoms with van der Waals surface area (Å²) in [5.74, 6) is 0.0731. The number of hydrogen-bond donors (Lipinski definition) is 2. The van der Waals surface area contributed by atoms with E-state index in [1.54, 1.807) is 68.3 Å².